The van der Waals surface area contributed by atoms with Gasteiger partial charge in [0.1, 0.15) is 6.61 Å². The molecule has 0 spiro atoms. The summed E-state index contributed by atoms with van der Waals surface area (Å²) in [5.74, 6) is 5.30. The Morgan fingerprint density at radius 2 is 2.19 bits per heavy atom. The van der Waals surface area contributed by atoms with E-state index in [4.69, 9.17) is 5.11 Å². The number of benzene rings is 1. The lowest BCUT2D eigenvalue weighted by atomic mass is 10.1. The van der Waals surface area contributed by atoms with E-state index in [1.165, 1.54) is 0 Å². The molecule has 108 valence electrons. The Kier molecular flexibility index (Phi) is 5.09. The molecular formula is C16H16N2O2S. The molecule has 2 rings (SSSR count). The van der Waals surface area contributed by atoms with Crippen molar-refractivity contribution in [1.82, 2.24) is 9.88 Å². The van der Waals surface area contributed by atoms with Gasteiger partial charge < -0.3 is 10.0 Å². The number of rotatable bonds is 3. The Bertz CT molecular complexity index is 698. The van der Waals surface area contributed by atoms with E-state index in [1.54, 1.807) is 40.9 Å². The summed E-state index contributed by atoms with van der Waals surface area (Å²) >= 11 is 1.54. The number of aromatic nitrogens is 1. The van der Waals surface area contributed by atoms with Gasteiger partial charge in [0.2, 0.25) is 0 Å². The maximum atomic E-state index is 12.5. The Labute approximate surface area is 128 Å². The summed E-state index contributed by atoms with van der Waals surface area (Å²) in [7, 11) is 1.76. The largest absolute Gasteiger partial charge is 0.384 e. The number of aliphatic hydroxyl groups excluding tert-OH is 1. The highest BCUT2D eigenvalue weighted by molar-refractivity contribution is 7.09. The standard InChI is InChI=1S/C16H16N2O2S/c1-12-15(21-11-17-12)10-18(2)16(20)14-8-4-3-6-13(14)7-5-9-19/h3-4,6,8,11,19H,9-10H2,1-2H3. The van der Waals surface area contributed by atoms with Crippen LogP contribution in [0.5, 0.6) is 0 Å². The molecule has 0 saturated heterocycles. The minimum absolute atomic E-state index is 0.0920. The van der Waals surface area contributed by atoms with Gasteiger partial charge in [0, 0.05) is 17.5 Å². The van der Waals surface area contributed by atoms with Crippen molar-refractivity contribution in [2.45, 2.75) is 13.5 Å². The molecule has 1 aromatic heterocycles. The molecule has 0 unspecified atom stereocenters. The van der Waals surface area contributed by atoms with Crippen molar-refractivity contribution < 1.29 is 9.90 Å². The third-order valence-electron chi connectivity index (χ3n) is 3.03. The number of carbonyl (C=O) groups is 1. The van der Waals surface area contributed by atoms with Gasteiger partial charge in [-0.2, -0.15) is 0 Å². The summed E-state index contributed by atoms with van der Waals surface area (Å²) in [5.41, 5.74) is 3.91. The molecule has 1 aromatic carbocycles. The van der Waals surface area contributed by atoms with Gasteiger partial charge in [0.15, 0.2) is 0 Å². The van der Waals surface area contributed by atoms with Crippen molar-refractivity contribution in [1.29, 1.82) is 0 Å². The molecule has 0 aliphatic heterocycles. The first kappa shape index (κ1) is 15.2. The van der Waals surface area contributed by atoms with Crippen LogP contribution in [-0.4, -0.2) is 34.6 Å². The fourth-order valence-corrected chi connectivity index (χ4v) is 2.71. The third-order valence-corrected chi connectivity index (χ3v) is 3.95. The molecule has 1 heterocycles. The van der Waals surface area contributed by atoms with Crippen LogP contribution in [0.25, 0.3) is 0 Å². The van der Waals surface area contributed by atoms with Crippen LogP contribution in [0.4, 0.5) is 0 Å². The van der Waals surface area contributed by atoms with Gasteiger partial charge in [-0.1, -0.05) is 24.0 Å². The van der Waals surface area contributed by atoms with E-state index >= 15 is 0 Å². The van der Waals surface area contributed by atoms with E-state index in [2.05, 4.69) is 16.8 Å². The quantitative estimate of drug-likeness (QED) is 0.883. The van der Waals surface area contributed by atoms with Crippen LogP contribution in [0.2, 0.25) is 0 Å². The summed E-state index contributed by atoms with van der Waals surface area (Å²) in [6, 6.07) is 7.16. The fourth-order valence-electron chi connectivity index (χ4n) is 1.88. The molecule has 1 amide bonds. The Balaban J connectivity index is 2.21. The van der Waals surface area contributed by atoms with Crippen LogP contribution in [0.1, 0.15) is 26.5 Å². The molecule has 0 radical (unpaired) electrons. The zero-order valence-corrected chi connectivity index (χ0v) is 12.8. The van der Waals surface area contributed by atoms with Crippen molar-refractivity contribution in [3.8, 4) is 11.8 Å². The van der Waals surface area contributed by atoms with Crippen LogP contribution in [0, 0.1) is 18.8 Å². The SMILES string of the molecule is Cc1ncsc1CN(C)C(=O)c1ccccc1C#CCO. The second-order valence-electron chi connectivity index (χ2n) is 4.53. The van der Waals surface area contributed by atoms with E-state index in [1.807, 2.05) is 19.1 Å². The smallest absolute Gasteiger partial charge is 0.255 e. The minimum atomic E-state index is -0.224. The monoisotopic (exact) mass is 300 g/mol. The number of nitrogens with zero attached hydrogens (tertiary/aromatic N) is 2. The number of aryl methyl sites for hydroxylation is 1. The molecular weight excluding hydrogens is 284 g/mol. The van der Waals surface area contributed by atoms with E-state index in [0.717, 1.165) is 10.6 Å². The van der Waals surface area contributed by atoms with Crippen molar-refractivity contribution >= 4 is 17.2 Å². The molecule has 1 N–H and O–H groups in total. The molecule has 5 heteroatoms. The van der Waals surface area contributed by atoms with Gasteiger partial charge in [0.25, 0.3) is 5.91 Å². The summed E-state index contributed by atoms with van der Waals surface area (Å²) in [6.07, 6.45) is 0. The zero-order valence-electron chi connectivity index (χ0n) is 12.0. The molecule has 0 saturated carbocycles. The lowest BCUT2D eigenvalue weighted by Crippen LogP contribution is -2.26. The van der Waals surface area contributed by atoms with Crippen LogP contribution in [0.3, 0.4) is 0 Å². The highest BCUT2D eigenvalue weighted by Crippen LogP contribution is 2.17. The zero-order chi connectivity index (χ0) is 15.2. The number of carbonyl (C=O) groups excluding carboxylic acids is 1. The highest BCUT2D eigenvalue weighted by atomic mass is 32.1. The Morgan fingerprint density at radius 1 is 1.43 bits per heavy atom. The van der Waals surface area contributed by atoms with Crippen molar-refractivity contribution in [3.63, 3.8) is 0 Å². The number of hydrogen-bond acceptors (Lipinski definition) is 4. The summed E-state index contributed by atoms with van der Waals surface area (Å²) in [4.78, 5) is 19.5. The predicted molar refractivity (Wildman–Crippen MR) is 83.1 cm³/mol. The summed E-state index contributed by atoms with van der Waals surface area (Å²) < 4.78 is 0. The van der Waals surface area contributed by atoms with E-state index in [-0.39, 0.29) is 12.5 Å². The molecule has 0 aliphatic carbocycles. The Hall–Kier alpha value is -2.16. The Morgan fingerprint density at radius 3 is 2.86 bits per heavy atom. The molecule has 21 heavy (non-hydrogen) atoms. The van der Waals surface area contributed by atoms with E-state index in [0.29, 0.717) is 17.7 Å². The summed E-state index contributed by atoms with van der Waals surface area (Å²) in [5, 5.41) is 8.79. The highest BCUT2D eigenvalue weighted by Gasteiger charge is 2.16. The van der Waals surface area contributed by atoms with Crippen molar-refractivity contribution in [3.05, 3.63) is 51.5 Å². The second-order valence-corrected chi connectivity index (χ2v) is 5.47. The van der Waals surface area contributed by atoms with Gasteiger partial charge in [-0.3, -0.25) is 4.79 Å². The first-order valence-corrected chi connectivity index (χ1v) is 7.34. The lowest BCUT2D eigenvalue weighted by molar-refractivity contribution is 0.0786. The topological polar surface area (TPSA) is 53.4 Å². The summed E-state index contributed by atoms with van der Waals surface area (Å²) in [6.45, 7) is 2.24. The normalized spacial score (nSPS) is 9.86. The number of amides is 1. The van der Waals surface area contributed by atoms with Crippen LogP contribution in [0.15, 0.2) is 29.8 Å². The average molecular weight is 300 g/mol. The predicted octanol–water partition coefficient (Wildman–Crippen LogP) is 2.07. The number of thiazole rings is 1. The van der Waals surface area contributed by atoms with Crippen LogP contribution >= 0.6 is 11.3 Å². The van der Waals surface area contributed by atoms with E-state index in [9.17, 15) is 4.79 Å². The van der Waals surface area contributed by atoms with Gasteiger partial charge in [-0.15, -0.1) is 11.3 Å². The lowest BCUT2D eigenvalue weighted by Gasteiger charge is -2.17. The van der Waals surface area contributed by atoms with Gasteiger partial charge in [0.05, 0.1) is 23.3 Å². The first-order chi connectivity index (χ1) is 10.1. The fraction of sp³-hybridized carbons (Fsp3) is 0.250. The van der Waals surface area contributed by atoms with Gasteiger partial charge >= 0.3 is 0 Å². The van der Waals surface area contributed by atoms with Gasteiger partial charge in [-0.25, -0.2) is 4.98 Å². The third kappa shape index (κ3) is 3.69. The molecule has 2 aromatic rings. The van der Waals surface area contributed by atoms with Crippen LogP contribution in [-0.2, 0) is 6.54 Å². The van der Waals surface area contributed by atoms with Crippen LogP contribution < -0.4 is 0 Å². The molecule has 0 aliphatic rings. The van der Waals surface area contributed by atoms with Gasteiger partial charge in [-0.05, 0) is 19.1 Å². The number of hydrogen-bond donors (Lipinski definition) is 1. The molecule has 4 nitrogen and oxygen atoms in total. The minimum Gasteiger partial charge on any atom is -0.384 e. The molecule has 0 fully saturated rings. The average Bonchev–Trinajstić information content (AvgIpc) is 2.90. The van der Waals surface area contributed by atoms with Crippen molar-refractivity contribution in [2.75, 3.05) is 13.7 Å². The maximum Gasteiger partial charge on any atom is 0.255 e. The first-order valence-electron chi connectivity index (χ1n) is 6.46. The maximum absolute atomic E-state index is 12.5. The van der Waals surface area contributed by atoms with Crippen molar-refractivity contribution in [2.24, 2.45) is 0 Å². The second kappa shape index (κ2) is 7.02. The molecule has 0 bridgehead atoms. The number of aliphatic hydroxyl groups is 1. The molecule has 0 atom stereocenters. The van der Waals surface area contributed by atoms with E-state index < -0.39 is 0 Å².